The minimum absolute atomic E-state index is 0.0471. The van der Waals surface area contributed by atoms with Gasteiger partial charge in [0.2, 0.25) is 5.91 Å². The van der Waals surface area contributed by atoms with Gasteiger partial charge in [0.1, 0.15) is 0 Å². The molecule has 0 saturated heterocycles. The summed E-state index contributed by atoms with van der Waals surface area (Å²) in [4.78, 5) is 12.3. The number of halogens is 1. The van der Waals surface area contributed by atoms with Crippen LogP contribution >= 0.6 is 11.6 Å². The molecule has 2 aromatic rings. The van der Waals surface area contributed by atoms with Gasteiger partial charge in [-0.3, -0.25) is 4.79 Å². The first kappa shape index (κ1) is 18.3. The molecule has 1 amide bonds. The van der Waals surface area contributed by atoms with E-state index in [9.17, 15) is 9.90 Å². The van der Waals surface area contributed by atoms with Crippen molar-refractivity contribution in [2.24, 2.45) is 0 Å². The van der Waals surface area contributed by atoms with Crippen molar-refractivity contribution in [1.29, 1.82) is 0 Å². The fraction of sp³-hybridized carbons (Fsp3) is 0.316. The van der Waals surface area contributed by atoms with E-state index >= 15 is 0 Å². The average Bonchev–Trinajstić information content (AvgIpc) is 2.57. The molecule has 0 radical (unpaired) electrons. The van der Waals surface area contributed by atoms with Crippen molar-refractivity contribution in [2.75, 3.05) is 10.6 Å². The number of hydrogen-bond acceptors (Lipinski definition) is 3. The summed E-state index contributed by atoms with van der Waals surface area (Å²) in [5, 5.41) is 16.0. The molecular formula is C19H23ClN2O2. The van der Waals surface area contributed by atoms with E-state index in [1.807, 2.05) is 31.2 Å². The van der Waals surface area contributed by atoms with Gasteiger partial charge < -0.3 is 15.7 Å². The van der Waals surface area contributed by atoms with Crippen LogP contribution in [0.15, 0.2) is 42.5 Å². The molecule has 0 aliphatic heterocycles. The van der Waals surface area contributed by atoms with Crippen LogP contribution < -0.4 is 10.6 Å². The summed E-state index contributed by atoms with van der Waals surface area (Å²) in [5.74, 6) is -0.0506. The molecule has 2 rings (SSSR count). The number of amides is 1. The van der Waals surface area contributed by atoms with Gasteiger partial charge in [-0.25, -0.2) is 0 Å². The van der Waals surface area contributed by atoms with Crippen LogP contribution in [0.1, 0.15) is 31.4 Å². The van der Waals surface area contributed by atoms with Crippen LogP contribution in [0.5, 0.6) is 0 Å². The van der Waals surface area contributed by atoms with Crippen LogP contribution in [0.4, 0.5) is 11.4 Å². The molecule has 3 N–H and O–H groups in total. The van der Waals surface area contributed by atoms with Crippen molar-refractivity contribution in [2.45, 2.75) is 39.3 Å². The van der Waals surface area contributed by atoms with Gasteiger partial charge in [0.05, 0.1) is 17.3 Å². The van der Waals surface area contributed by atoms with Crippen molar-refractivity contribution in [3.63, 3.8) is 0 Å². The highest BCUT2D eigenvalue weighted by Gasteiger charge is 2.12. The number of rotatable bonds is 7. The van der Waals surface area contributed by atoms with E-state index in [4.69, 9.17) is 11.6 Å². The van der Waals surface area contributed by atoms with E-state index in [0.717, 1.165) is 28.9 Å². The summed E-state index contributed by atoms with van der Waals surface area (Å²) in [6.07, 6.45) is 1.19. The predicted octanol–water partition coefficient (Wildman–Crippen LogP) is 4.22. The number of hydrogen-bond donors (Lipinski definition) is 3. The Morgan fingerprint density at radius 1 is 1.21 bits per heavy atom. The monoisotopic (exact) mass is 346 g/mol. The molecule has 0 aliphatic carbocycles. The number of nitrogens with one attached hydrogen (secondary N) is 2. The molecule has 24 heavy (non-hydrogen) atoms. The van der Waals surface area contributed by atoms with Crippen LogP contribution in [0.2, 0.25) is 5.02 Å². The number of aliphatic hydroxyl groups is 1. The molecule has 0 saturated carbocycles. The Balaban J connectivity index is 1.97. The quantitative estimate of drug-likeness (QED) is 0.703. The number of para-hydroxylation sites is 1. The van der Waals surface area contributed by atoms with E-state index in [-0.39, 0.29) is 18.6 Å². The fourth-order valence-corrected chi connectivity index (χ4v) is 2.70. The lowest BCUT2D eigenvalue weighted by Crippen LogP contribution is -2.24. The second kappa shape index (κ2) is 8.71. The van der Waals surface area contributed by atoms with Crippen LogP contribution in [0, 0.1) is 0 Å². The lowest BCUT2D eigenvalue weighted by Gasteiger charge is -2.17. The number of aliphatic hydroxyl groups excluding tert-OH is 1. The van der Waals surface area contributed by atoms with Crippen molar-refractivity contribution in [3.8, 4) is 0 Å². The Labute approximate surface area is 147 Å². The average molecular weight is 347 g/mol. The van der Waals surface area contributed by atoms with Crippen LogP contribution in [0.3, 0.4) is 0 Å². The normalized spacial score (nSPS) is 11.8. The Bertz CT molecular complexity index is 704. The van der Waals surface area contributed by atoms with E-state index in [1.165, 1.54) is 0 Å². The summed E-state index contributed by atoms with van der Waals surface area (Å²) in [6, 6.07) is 13.0. The summed E-state index contributed by atoms with van der Waals surface area (Å²) in [6.45, 7) is 3.94. The van der Waals surface area contributed by atoms with Crippen LogP contribution in [-0.4, -0.2) is 17.1 Å². The molecule has 4 nitrogen and oxygen atoms in total. The summed E-state index contributed by atoms with van der Waals surface area (Å²) >= 11 is 6.16. The maximum Gasteiger partial charge on any atom is 0.226 e. The minimum Gasteiger partial charge on any atom is -0.392 e. The molecule has 0 fully saturated rings. The molecule has 1 unspecified atom stereocenters. The number of carbonyl (C=O) groups is 1. The first-order valence-electron chi connectivity index (χ1n) is 8.07. The third-order valence-corrected chi connectivity index (χ3v) is 4.11. The molecule has 0 heterocycles. The van der Waals surface area contributed by atoms with E-state index in [1.54, 1.807) is 18.2 Å². The Hall–Kier alpha value is -2.04. The highest BCUT2D eigenvalue weighted by atomic mass is 35.5. The largest absolute Gasteiger partial charge is 0.392 e. The zero-order valence-corrected chi connectivity index (χ0v) is 14.7. The minimum atomic E-state index is -0.0924. The highest BCUT2D eigenvalue weighted by Crippen LogP contribution is 2.24. The lowest BCUT2D eigenvalue weighted by molar-refractivity contribution is -0.116. The van der Waals surface area contributed by atoms with Crippen LogP contribution in [-0.2, 0) is 17.8 Å². The predicted molar refractivity (Wildman–Crippen MR) is 99.5 cm³/mol. The highest BCUT2D eigenvalue weighted by molar-refractivity contribution is 6.33. The molecular weight excluding hydrogens is 324 g/mol. The van der Waals surface area contributed by atoms with Crippen molar-refractivity contribution in [3.05, 3.63) is 58.6 Å². The van der Waals surface area contributed by atoms with E-state index < -0.39 is 0 Å². The summed E-state index contributed by atoms with van der Waals surface area (Å²) in [5.41, 5.74) is 3.47. The molecule has 1 atom stereocenters. The van der Waals surface area contributed by atoms with E-state index in [2.05, 4.69) is 17.6 Å². The van der Waals surface area contributed by atoms with Gasteiger partial charge in [0.25, 0.3) is 0 Å². The van der Waals surface area contributed by atoms with Gasteiger partial charge in [-0.15, -0.1) is 0 Å². The molecule has 0 spiro atoms. The first-order valence-corrected chi connectivity index (χ1v) is 8.44. The topological polar surface area (TPSA) is 61.4 Å². The van der Waals surface area contributed by atoms with Crippen molar-refractivity contribution in [1.82, 2.24) is 0 Å². The van der Waals surface area contributed by atoms with E-state index in [0.29, 0.717) is 11.4 Å². The van der Waals surface area contributed by atoms with Gasteiger partial charge in [-0.1, -0.05) is 42.8 Å². The SMILES string of the molecule is CCc1ccccc1NC(=O)CC(C)Nc1cc(CO)ccc1Cl. The molecule has 5 heteroatoms. The number of carbonyl (C=O) groups excluding carboxylic acids is 1. The van der Waals surface area contributed by atoms with Gasteiger partial charge in [-0.05, 0) is 42.7 Å². The van der Waals surface area contributed by atoms with Crippen molar-refractivity contribution < 1.29 is 9.90 Å². The molecule has 2 aromatic carbocycles. The third kappa shape index (κ3) is 4.98. The van der Waals surface area contributed by atoms with Gasteiger partial charge in [-0.2, -0.15) is 0 Å². The Morgan fingerprint density at radius 3 is 2.67 bits per heavy atom. The standard InChI is InChI=1S/C19H23ClN2O2/c1-3-15-6-4-5-7-17(15)22-19(24)10-13(2)21-18-11-14(12-23)8-9-16(18)20/h4-9,11,13,21,23H,3,10,12H2,1-2H3,(H,22,24). The number of anilines is 2. The summed E-state index contributed by atoms with van der Waals surface area (Å²) in [7, 11) is 0. The second-order valence-corrected chi connectivity index (χ2v) is 6.19. The lowest BCUT2D eigenvalue weighted by atomic mass is 10.1. The maximum absolute atomic E-state index is 12.3. The zero-order chi connectivity index (χ0) is 17.5. The van der Waals surface area contributed by atoms with Gasteiger partial charge in [0.15, 0.2) is 0 Å². The second-order valence-electron chi connectivity index (χ2n) is 5.78. The molecule has 0 bridgehead atoms. The Morgan fingerprint density at radius 2 is 1.96 bits per heavy atom. The fourth-order valence-electron chi connectivity index (χ4n) is 2.53. The summed E-state index contributed by atoms with van der Waals surface area (Å²) < 4.78 is 0. The number of aryl methyl sites for hydroxylation is 1. The third-order valence-electron chi connectivity index (χ3n) is 3.78. The number of benzene rings is 2. The first-order chi connectivity index (χ1) is 11.5. The molecule has 128 valence electrons. The zero-order valence-electron chi connectivity index (χ0n) is 14.0. The molecule has 0 aromatic heterocycles. The molecule has 0 aliphatic rings. The van der Waals surface area contributed by atoms with Gasteiger partial charge >= 0.3 is 0 Å². The Kier molecular flexibility index (Phi) is 6.64. The van der Waals surface area contributed by atoms with Crippen LogP contribution in [0.25, 0.3) is 0 Å². The van der Waals surface area contributed by atoms with Crippen molar-refractivity contribution >= 4 is 28.9 Å². The smallest absolute Gasteiger partial charge is 0.226 e. The maximum atomic E-state index is 12.3. The van der Waals surface area contributed by atoms with Gasteiger partial charge in [0, 0.05) is 18.2 Å².